The predicted molar refractivity (Wildman–Crippen MR) is 128 cm³/mol. The molecular formula is C26H24N2O4S. The van der Waals surface area contributed by atoms with Gasteiger partial charge in [0.15, 0.2) is 0 Å². The van der Waals surface area contributed by atoms with Gasteiger partial charge in [-0.25, -0.2) is 8.42 Å². The van der Waals surface area contributed by atoms with Crippen LogP contribution >= 0.6 is 0 Å². The van der Waals surface area contributed by atoms with Crippen LogP contribution in [0.2, 0.25) is 0 Å². The van der Waals surface area contributed by atoms with Crippen LogP contribution in [0.15, 0.2) is 77.7 Å². The monoisotopic (exact) mass is 460 g/mol. The Hall–Kier alpha value is -3.44. The van der Waals surface area contributed by atoms with Crippen LogP contribution in [0.1, 0.15) is 27.0 Å². The third-order valence-corrected chi connectivity index (χ3v) is 7.20. The van der Waals surface area contributed by atoms with Crippen molar-refractivity contribution in [2.75, 3.05) is 31.6 Å². The van der Waals surface area contributed by atoms with Gasteiger partial charge in [0, 0.05) is 35.5 Å². The fourth-order valence-electron chi connectivity index (χ4n) is 3.48. The van der Waals surface area contributed by atoms with E-state index in [0.29, 0.717) is 43.1 Å². The second kappa shape index (κ2) is 10.0. The zero-order valence-electron chi connectivity index (χ0n) is 18.2. The van der Waals surface area contributed by atoms with Gasteiger partial charge in [0.05, 0.1) is 18.1 Å². The number of anilines is 1. The van der Waals surface area contributed by atoms with Gasteiger partial charge in [-0.2, -0.15) is 4.31 Å². The Morgan fingerprint density at radius 1 is 0.909 bits per heavy atom. The molecule has 0 atom stereocenters. The zero-order valence-corrected chi connectivity index (χ0v) is 19.1. The van der Waals surface area contributed by atoms with Gasteiger partial charge >= 0.3 is 0 Å². The molecule has 1 fully saturated rings. The molecule has 0 unspecified atom stereocenters. The van der Waals surface area contributed by atoms with E-state index in [0.717, 1.165) is 11.1 Å². The third-order valence-electron chi connectivity index (χ3n) is 5.31. The maximum atomic E-state index is 13.0. The highest BCUT2D eigenvalue weighted by molar-refractivity contribution is 7.89. The highest BCUT2D eigenvalue weighted by Gasteiger charge is 2.27. The summed E-state index contributed by atoms with van der Waals surface area (Å²) in [7, 11) is -3.69. The third kappa shape index (κ3) is 5.49. The van der Waals surface area contributed by atoms with Crippen LogP contribution in [0.5, 0.6) is 0 Å². The molecule has 1 aliphatic heterocycles. The largest absolute Gasteiger partial charge is 0.379 e. The molecule has 0 bridgehead atoms. The summed E-state index contributed by atoms with van der Waals surface area (Å²) in [5.74, 6) is 5.81. The maximum absolute atomic E-state index is 13.0. The number of rotatable bonds is 4. The van der Waals surface area contributed by atoms with E-state index in [2.05, 4.69) is 17.2 Å². The first-order chi connectivity index (χ1) is 15.9. The number of hydrogen-bond donors (Lipinski definition) is 1. The van der Waals surface area contributed by atoms with Crippen molar-refractivity contribution in [1.82, 2.24) is 4.31 Å². The topological polar surface area (TPSA) is 75.7 Å². The van der Waals surface area contributed by atoms with Gasteiger partial charge in [0.1, 0.15) is 0 Å². The van der Waals surface area contributed by atoms with E-state index >= 15 is 0 Å². The molecule has 6 nitrogen and oxygen atoms in total. The van der Waals surface area contributed by atoms with Crippen LogP contribution < -0.4 is 5.32 Å². The minimum atomic E-state index is -3.69. The van der Waals surface area contributed by atoms with E-state index in [1.165, 1.54) is 16.4 Å². The number of nitrogens with zero attached hydrogens (tertiary/aromatic N) is 1. The normalized spacial score (nSPS) is 14.2. The van der Waals surface area contributed by atoms with Gasteiger partial charge in [-0.05, 0) is 55.0 Å². The summed E-state index contributed by atoms with van der Waals surface area (Å²) in [6.45, 7) is 3.11. The minimum absolute atomic E-state index is 0.0997. The Kier molecular flexibility index (Phi) is 6.90. The molecule has 4 rings (SSSR count). The molecular weight excluding hydrogens is 436 g/mol. The number of aryl methyl sites for hydroxylation is 1. The van der Waals surface area contributed by atoms with E-state index < -0.39 is 10.0 Å². The minimum Gasteiger partial charge on any atom is -0.379 e. The molecule has 168 valence electrons. The number of nitrogens with one attached hydrogen (secondary N) is 1. The first kappa shape index (κ1) is 22.7. The highest BCUT2D eigenvalue weighted by atomic mass is 32.2. The van der Waals surface area contributed by atoms with Crippen molar-refractivity contribution in [1.29, 1.82) is 0 Å². The van der Waals surface area contributed by atoms with Crippen LogP contribution in [-0.4, -0.2) is 44.9 Å². The van der Waals surface area contributed by atoms with Crippen molar-refractivity contribution in [3.8, 4) is 11.8 Å². The van der Waals surface area contributed by atoms with Crippen LogP contribution in [0.25, 0.3) is 0 Å². The molecule has 0 aromatic heterocycles. The lowest BCUT2D eigenvalue weighted by atomic mass is 10.1. The van der Waals surface area contributed by atoms with Gasteiger partial charge in [-0.15, -0.1) is 0 Å². The summed E-state index contributed by atoms with van der Waals surface area (Å²) in [6.07, 6.45) is 0. The van der Waals surface area contributed by atoms with Crippen molar-refractivity contribution in [3.63, 3.8) is 0 Å². The Morgan fingerprint density at radius 2 is 1.61 bits per heavy atom. The molecule has 1 saturated heterocycles. The lowest BCUT2D eigenvalue weighted by Gasteiger charge is -2.26. The van der Waals surface area contributed by atoms with Gasteiger partial charge in [-0.3, -0.25) is 4.79 Å². The Morgan fingerprint density at radius 3 is 2.36 bits per heavy atom. The zero-order chi connectivity index (χ0) is 23.3. The number of carbonyl (C=O) groups is 1. The average molecular weight is 461 g/mol. The number of carbonyl (C=O) groups excluding carboxylic acids is 1. The lowest BCUT2D eigenvalue weighted by Crippen LogP contribution is -2.40. The first-order valence-corrected chi connectivity index (χ1v) is 12.0. The second-order valence-corrected chi connectivity index (χ2v) is 9.58. The van der Waals surface area contributed by atoms with Crippen molar-refractivity contribution >= 4 is 21.6 Å². The molecule has 7 heteroatoms. The summed E-state index contributed by atoms with van der Waals surface area (Å²) >= 11 is 0. The second-order valence-electron chi connectivity index (χ2n) is 7.64. The Labute approximate surface area is 194 Å². The fourth-order valence-corrected chi connectivity index (χ4v) is 4.92. The maximum Gasteiger partial charge on any atom is 0.255 e. The average Bonchev–Trinajstić information content (AvgIpc) is 2.84. The number of sulfonamides is 1. The van der Waals surface area contributed by atoms with E-state index in [4.69, 9.17) is 4.74 Å². The molecule has 3 aromatic rings. The molecule has 1 aliphatic rings. The van der Waals surface area contributed by atoms with E-state index in [1.54, 1.807) is 25.1 Å². The standard InChI is InChI=1S/C26H24N2O4S/c1-20-10-13-24(33(30,31)28-14-16-32-17-15-28)19-25(20)26(29)27-23-9-5-8-22(18-23)12-11-21-6-3-2-4-7-21/h2-10,13,18-19H,14-17H2,1H3,(H,27,29). The molecule has 33 heavy (non-hydrogen) atoms. The predicted octanol–water partition coefficient (Wildman–Crippen LogP) is 3.67. The summed E-state index contributed by atoms with van der Waals surface area (Å²) in [5, 5.41) is 2.86. The number of ether oxygens (including phenoxy) is 1. The fraction of sp³-hybridized carbons (Fsp3) is 0.192. The van der Waals surface area contributed by atoms with E-state index in [1.807, 2.05) is 42.5 Å². The molecule has 1 heterocycles. The Bertz CT molecular complexity index is 1320. The smallest absolute Gasteiger partial charge is 0.255 e. The van der Waals surface area contributed by atoms with Crippen molar-refractivity contribution in [2.45, 2.75) is 11.8 Å². The van der Waals surface area contributed by atoms with Crippen LogP contribution in [0, 0.1) is 18.8 Å². The SMILES string of the molecule is Cc1ccc(S(=O)(=O)N2CCOCC2)cc1C(=O)Nc1cccc(C#Cc2ccccc2)c1. The molecule has 0 spiro atoms. The van der Waals surface area contributed by atoms with Gasteiger partial charge in [0.2, 0.25) is 10.0 Å². The van der Waals surface area contributed by atoms with Gasteiger partial charge < -0.3 is 10.1 Å². The molecule has 1 N–H and O–H groups in total. The van der Waals surface area contributed by atoms with Crippen LogP contribution in [0.3, 0.4) is 0 Å². The van der Waals surface area contributed by atoms with Crippen molar-refractivity contribution < 1.29 is 17.9 Å². The number of benzene rings is 3. The quantitative estimate of drug-likeness (QED) is 0.603. The van der Waals surface area contributed by atoms with E-state index in [-0.39, 0.29) is 10.8 Å². The summed E-state index contributed by atoms with van der Waals surface area (Å²) < 4.78 is 32.6. The highest BCUT2D eigenvalue weighted by Crippen LogP contribution is 2.22. The van der Waals surface area contributed by atoms with Crippen LogP contribution in [0.4, 0.5) is 5.69 Å². The van der Waals surface area contributed by atoms with Gasteiger partial charge in [0.25, 0.3) is 5.91 Å². The van der Waals surface area contributed by atoms with Crippen molar-refractivity contribution in [3.05, 3.63) is 95.1 Å². The molecule has 1 amide bonds. The van der Waals surface area contributed by atoms with Gasteiger partial charge in [-0.1, -0.05) is 42.2 Å². The van der Waals surface area contributed by atoms with Crippen molar-refractivity contribution in [2.24, 2.45) is 0 Å². The summed E-state index contributed by atoms with van der Waals surface area (Å²) in [4.78, 5) is 13.1. The number of hydrogen-bond acceptors (Lipinski definition) is 4. The molecule has 0 aliphatic carbocycles. The summed E-state index contributed by atoms with van der Waals surface area (Å²) in [6, 6.07) is 21.5. The number of morpholine rings is 1. The summed E-state index contributed by atoms with van der Waals surface area (Å²) in [5.41, 5.74) is 3.25. The molecule has 3 aromatic carbocycles. The van der Waals surface area contributed by atoms with Crippen LogP contribution in [-0.2, 0) is 14.8 Å². The number of amides is 1. The van der Waals surface area contributed by atoms with E-state index in [9.17, 15) is 13.2 Å². The Balaban J connectivity index is 1.54. The molecule has 0 radical (unpaired) electrons. The lowest BCUT2D eigenvalue weighted by molar-refractivity contribution is 0.0730. The first-order valence-electron chi connectivity index (χ1n) is 10.6. The molecule has 0 saturated carbocycles.